The van der Waals surface area contributed by atoms with Crippen molar-refractivity contribution in [3.63, 3.8) is 0 Å². The summed E-state index contributed by atoms with van der Waals surface area (Å²) in [6, 6.07) is 18.1. The van der Waals surface area contributed by atoms with Gasteiger partial charge in [0, 0.05) is 18.0 Å². The predicted octanol–water partition coefficient (Wildman–Crippen LogP) is 3.83. The average molecular weight is 329 g/mol. The van der Waals surface area contributed by atoms with E-state index in [4.69, 9.17) is 0 Å². The maximum Gasteiger partial charge on any atom is 0.276 e. The highest BCUT2D eigenvalue weighted by Crippen LogP contribution is 2.18. The van der Waals surface area contributed by atoms with Gasteiger partial charge < -0.3 is 4.57 Å². The van der Waals surface area contributed by atoms with Gasteiger partial charge in [0.05, 0.1) is 12.2 Å². The minimum Gasteiger partial charge on any atom is -0.308 e. The number of nitrogens with zero attached hydrogens (tertiary/aromatic N) is 3. The molecule has 0 amide bonds. The third-order valence-corrected chi connectivity index (χ3v) is 4.51. The Bertz CT molecular complexity index is 1110. The molecule has 25 heavy (non-hydrogen) atoms. The van der Waals surface area contributed by atoms with Crippen LogP contribution in [0.1, 0.15) is 16.7 Å². The fourth-order valence-corrected chi connectivity index (χ4v) is 3.11. The lowest BCUT2D eigenvalue weighted by Gasteiger charge is -2.09. The molecule has 2 aromatic heterocycles. The Morgan fingerprint density at radius 2 is 1.76 bits per heavy atom. The zero-order valence-corrected chi connectivity index (χ0v) is 14.3. The van der Waals surface area contributed by atoms with Crippen LogP contribution >= 0.6 is 0 Å². The number of hydrogen-bond acceptors (Lipinski definition) is 2. The molecule has 0 aliphatic rings. The zero-order chi connectivity index (χ0) is 17.4. The molecule has 0 saturated heterocycles. The molecule has 0 N–H and O–H groups in total. The van der Waals surface area contributed by atoms with E-state index in [2.05, 4.69) is 37.1 Å². The van der Waals surface area contributed by atoms with Crippen molar-refractivity contribution in [1.29, 1.82) is 0 Å². The third kappa shape index (κ3) is 2.87. The molecule has 0 atom stereocenters. The van der Waals surface area contributed by atoms with Gasteiger partial charge in [0.25, 0.3) is 5.56 Å². The first-order chi connectivity index (χ1) is 12.1. The summed E-state index contributed by atoms with van der Waals surface area (Å²) < 4.78 is 3.40. The maximum absolute atomic E-state index is 12.9. The Kier molecular flexibility index (Phi) is 3.73. The van der Waals surface area contributed by atoms with Gasteiger partial charge in [0.2, 0.25) is 0 Å². The van der Waals surface area contributed by atoms with Crippen LogP contribution in [0.25, 0.3) is 16.8 Å². The molecule has 2 aromatic carbocycles. The van der Waals surface area contributed by atoms with Crippen LogP contribution in [0.2, 0.25) is 0 Å². The number of aromatic nitrogens is 3. The number of aryl methyl sites for hydroxylation is 2. The van der Waals surface area contributed by atoms with Crippen molar-refractivity contribution in [2.45, 2.75) is 20.4 Å². The van der Waals surface area contributed by atoms with Crippen LogP contribution in [0.4, 0.5) is 0 Å². The molecule has 124 valence electrons. The molecule has 2 heterocycles. The van der Waals surface area contributed by atoms with Gasteiger partial charge in [-0.25, -0.2) is 4.52 Å². The molecule has 0 aliphatic heterocycles. The first-order valence-corrected chi connectivity index (χ1v) is 8.32. The number of benzene rings is 2. The molecule has 4 rings (SSSR count). The van der Waals surface area contributed by atoms with E-state index in [0.717, 1.165) is 16.8 Å². The van der Waals surface area contributed by atoms with Gasteiger partial charge in [-0.3, -0.25) is 4.79 Å². The van der Waals surface area contributed by atoms with Crippen molar-refractivity contribution in [3.05, 3.63) is 94.0 Å². The number of fused-ring (bicyclic) bond motifs is 1. The third-order valence-electron chi connectivity index (χ3n) is 4.51. The summed E-state index contributed by atoms with van der Waals surface area (Å²) in [4.78, 5) is 12.9. The van der Waals surface area contributed by atoms with E-state index in [1.165, 1.54) is 11.1 Å². The van der Waals surface area contributed by atoms with Crippen LogP contribution in [-0.2, 0) is 6.54 Å². The largest absolute Gasteiger partial charge is 0.308 e. The van der Waals surface area contributed by atoms with Gasteiger partial charge in [-0.1, -0.05) is 54.1 Å². The summed E-state index contributed by atoms with van der Waals surface area (Å²) >= 11 is 0. The van der Waals surface area contributed by atoms with Gasteiger partial charge in [-0.2, -0.15) is 5.10 Å². The van der Waals surface area contributed by atoms with Crippen molar-refractivity contribution < 1.29 is 0 Å². The monoisotopic (exact) mass is 329 g/mol. The van der Waals surface area contributed by atoms with Crippen LogP contribution in [0, 0.1) is 13.8 Å². The number of rotatable bonds is 3. The van der Waals surface area contributed by atoms with E-state index in [-0.39, 0.29) is 5.56 Å². The Morgan fingerprint density at radius 1 is 0.960 bits per heavy atom. The minimum atomic E-state index is -0.0304. The summed E-state index contributed by atoms with van der Waals surface area (Å²) in [5.41, 5.74) is 5.95. The summed E-state index contributed by atoms with van der Waals surface area (Å²) in [5.74, 6) is 0. The van der Waals surface area contributed by atoms with Crippen molar-refractivity contribution in [2.24, 2.45) is 0 Å². The molecule has 0 saturated carbocycles. The fourth-order valence-electron chi connectivity index (χ4n) is 3.11. The van der Waals surface area contributed by atoms with Crippen LogP contribution in [-0.4, -0.2) is 14.2 Å². The van der Waals surface area contributed by atoms with Gasteiger partial charge >= 0.3 is 0 Å². The van der Waals surface area contributed by atoms with E-state index < -0.39 is 0 Å². The van der Waals surface area contributed by atoms with Gasteiger partial charge in [-0.15, -0.1) is 0 Å². The molecule has 4 nitrogen and oxygen atoms in total. The molecule has 0 unspecified atom stereocenters. The van der Waals surface area contributed by atoms with E-state index in [1.54, 1.807) is 15.3 Å². The van der Waals surface area contributed by atoms with Crippen LogP contribution in [0.15, 0.2) is 71.8 Å². The summed E-state index contributed by atoms with van der Waals surface area (Å²) in [6.45, 7) is 4.72. The topological polar surface area (TPSA) is 39.3 Å². The Balaban J connectivity index is 1.76. The zero-order valence-electron chi connectivity index (χ0n) is 14.3. The molecule has 4 aromatic rings. The maximum atomic E-state index is 12.9. The van der Waals surface area contributed by atoms with Crippen LogP contribution in [0.5, 0.6) is 0 Å². The molecule has 0 fully saturated rings. The fraction of sp³-hybridized carbons (Fsp3) is 0.143. The summed E-state index contributed by atoms with van der Waals surface area (Å²) in [6.07, 6.45) is 3.64. The average Bonchev–Trinajstić information content (AvgIpc) is 3.05. The highest BCUT2D eigenvalue weighted by molar-refractivity contribution is 5.65. The molecule has 4 heteroatoms. The van der Waals surface area contributed by atoms with Gasteiger partial charge in [0.15, 0.2) is 0 Å². The Morgan fingerprint density at radius 3 is 2.52 bits per heavy atom. The standard InChI is InChI=1S/C21H19N3O/c1-15-8-9-18(16(2)12-15)14-23-10-11-24-20(21(23)25)13-19(22-24)17-6-4-3-5-7-17/h3-13H,14H2,1-2H3. The molecule has 0 aliphatic carbocycles. The van der Waals surface area contributed by atoms with Gasteiger partial charge in [-0.05, 0) is 31.0 Å². The molecular formula is C21H19N3O. The molecule has 0 radical (unpaired) electrons. The van der Waals surface area contributed by atoms with E-state index >= 15 is 0 Å². The Hall–Kier alpha value is -3.14. The molecular weight excluding hydrogens is 310 g/mol. The van der Waals surface area contributed by atoms with Crippen molar-refractivity contribution in [2.75, 3.05) is 0 Å². The second-order valence-corrected chi connectivity index (χ2v) is 6.39. The lowest BCUT2D eigenvalue weighted by atomic mass is 10.1. The van der Waals surface area contributed by atoms with E-state index in [0.29, 0.717) is 12.1 Å². The van der Waals surface area contributed by atoms with Crippen molar-refractivity contribution in [3.8, 4) is 11.3 Å². The van der Waals surface area contributed by atoms with Crippen molar-refractivity contribution >= 4 is 5.52 Å². The second-order valence-electron chi connectivity index (χ2n) is 6.39. The SMILES string of the molecule is Cc1ccc(Cn2ccn3nc(-c4ccccc4)cc3c2=O)c(C)c1. The normalized spacial score (nSPS) is 11.1. The first-order valence-electron chi connectivity index (χ1n) is 8.32. The first kappa shape index (κ1) is 15.4. The predicted molar refractivity (Wildman–Crippen MR) is 99.9 cm³/mol. The van der Waals surface area contributed by atoms with E-state index in [1.807, 2.05) is 42.6 Å². The van der Waals surface area contributed by atoms with Crippen LogP contribution in [0.3, 0.4) is 0 Å². The molecule has 0 bridgehead atoms. The lowest BCUT2D eigenvalue weighted by Crippen LogP contribution is -2.22. The van der Waals surface area contributed by atoms with E-state index in [9.17, 15) is 4.79 Å². The smallest absolute Gasteiger partial charge is 0.276 e. The highest BCUT2D eigenvalue weighted by Gasteiger charge is 2.10. The van der Waals surface area contributed by atoms with Crippen molar-refractivity contribution in [1.82, 2.24) is 14.2 Å². The summed E-state index contributed by atoms with van der Waals surface area (Å²) in [7, 11) is 0. The van der Waals surface area contributed by atoms with Crippen LogP contribution < -0.4 is 5.56 Å². The minimum absolute atomic E-state index is 0.0304. The highest BCUT2D eigenvalue weighted by atomic mass is 16.1. The second kappa shape index (κ2) is 6.06. The lowest BCUT2D eigenvalue weighted by molar-refractivity contribution is 0.739. The quantitative estimate of drug-likeness (QED) is 0.573. The van der Waals surface area contributed by atoms with Gasteiger partial charge in [0.1, 0.15) is 5.52 Å². The molecule has 0 spiro atoms. The summed E-state index contributed by atoms with van der Waals surface area (Å²) in [5, 5.41) is 4.52. The Labute approximate surface area is 146 Å². The number of hydrogen-bond donors (Lipinski definition) is 0.